The van der Waals surface area contributed by atoms with Gasteiger partial charge >= 0.3 is 0 Å². The van der Waals surface area contributed by atoms with Gasteiger partial charge in [0.15, 0.2) is 0 Å². The van der Waals surface area contributed by atoms with Gasteiger partial charge in [0.05, 0.1) is 0 Å². The third-order valence-corrected chi connectivity index (χ3v) is 5.68. The summed E-state index contributed by atoms with van der Waals surface area (Å²) in [7, 11) is 0. The first kappa shape index (κ1) is 18.4. The molecule has 0 bridgehead atoms. The smallest absolute Gasteiger partial charge is 0.227 e. The first-order valence-corrected chi connectivity index (χ1v) is 9.98. The molecule has 138 valence electrons. The van der Waals surface area contributed by atoms with Crippen molar-refractivity contribution in [1.29, 1.82) is 0 Å². The van der Waals surface area contributed by atoms with E-state index in [4.69, 9.17) is 0 Å². The third kappa shape index (κ3) is 4.24. The van der Waals surface area contributed by atoms with Crippen molar-refractivity contribution < 1.29 is 4.79 Å². The molecule has 1 amide bonds. The number of anilines is 1. The molecule has 2 atom stereocenters. The Morgan fingerprint density at radius 3 is 2.80 bits per heavy atom. The standard InChI is InChI=1S/C21H33N3O/c1-4-5-6-21(25)24-17(3)14-19-15-18(7-8-20(19)24)13-16(2)23-11-9-22-10-12-23/h7-8,15-17,22H,4-6,9-14H2,1-3H3. The van der Waals surface area contributed by atoms with Gasteiger partial charge in [-0.1, -0.05) is 25.5 Å². The van der Waals surface area contributed by atoms with Gasteiger partial charge in [-0.25, -0.2) is 0 Å². The topological polar surface area (TPSA) is 35.6 Å². The van der Waals surface area contributed by atoms with E-state index < -0.39 is 0 Å². The summed E-state index contributed by atoms with van der Waals surface area (Å²) in [6.07, 6.45) is 4.80. The van der Waals surface area contributed by atoms with Crippen molar-refractivity contribution in [3.05, 3.63) is 29.3 Å². The van der Waals surface area contributed by atoms with Gasteiger partial charge in [-0.2, -0.15) is 0 Å². The molecule has 0 aliphatic carbocycles. The van der Waals surface area contributed by atoms with E-state index in [1.54, 1.807) is 0 Å². The van der Waals surface area contributed by atoms with Crippen LogP contribution in [0.3, 0.4) is 0 Å². The van der Waals surface area contributed by atoms with Crippen LogP contribution in [0.2, 0.25) is 0 Å². The number of rotatable bonds is 6. The second kappa shape index (κ2) is 8.33. The molecule has 1 aromatic rings. The van der Waals surface area contributed by atoms with Crippen molar-refractivity contribution in [2.45, 2.75) is 65.0 Å². The Hall–Kier alpha value is -1.39. The average Bonchev–Trinajstić information content (AvgIpc) is 2.95. The number of piperazine rings is 1. The minimum absolute atomic E-state index is 0.287. The Bertz CT molecular complexity index is 595. The highest BCUT2D eigenvalue weighted by Gasteiger charge is 2.30. The number of carbonyl (C=O) groups is 1. The lowest BCUT2D eigenvalue weighted by Crippen LogP contribution is -2.48. The molecule has 0 saturated carbocycles. The SMILES string of the molecule is CCCCC(=O)N1c2ccc(CC(C)N3CCNCC3)cc2CC1C. The van der Waals surface area contributed by atoms with E-state index in [1.165, 1.54) is 11.1 Å². The number of fused-ring (bicyclic) bond motifs is 1. The molecule has 2 aliphatic heterocycles. The van der Waals surface area contributed by atoms with Crippen LogP contribution < -0.4 is 10.2 Å². The maximum atomic E-state index is 12.6. The lowest BCUT2D eigenvalue weighted by Gasteiger charge is -2.33. The van der Waals surface area contributed by atoms with E-state index in [1.807, 2.05) is 4.90 Å². The molecule has 1 aromatic carbocycles. The molecule has 2 aliphatic rings. The normalized spacial score (nSPS) is 22.0. The van der Waals surface area contributed by atoms with Crippen molar-refractivity contribution in [3.63, 3.8) is 0 Å². The van der Waals surface area contributed by atoms with E-state index in [2.05, 4.69) is 49.2 Å². The Morgan fingerprint density at radius 1 is 1.32 bits per heavy atom. The number of amides is 1. The predicted molar refractivity (Wildman–Crippen MR) is 104 cm³/mol. The first-order chi connectivity index (χ1) is 12.1. The highest BCUT2D eigenvalue weighted by atomic mass is 16.2. The van der Waals surface area contributed by atoms with Crippen molar-refractivity contribution in [1.82, 2.24) is 10.2 Å². The molecule has 2 unspecified atom stereocenters. The molecule has 0 spiro atoms. The highest BCUT2D eigenvalue weighted by molar-refractivity contribution is 5.96. The van der Waals surface area contributed by atoms with Crippen molar-refractivity contribution in [2.75, 3.05) is 31.1 Å². The summed E-state index contributed by atoms with van der Waals surface area (Å²) in [5, 5.41) is 3.42. The molecule has 25 heavy (non-hydrogen) atoms. The van der Waals surface area contributed by atoms with E-state index in [9.17, 15) is 4.79 Å². The Morgan fingerprint density at radius 2 is 2.08 bits per heavy atom. The minimum Gasteiger partial charge on any atom is -0.314 e. The fourth-order valence-corrected chi connectivity index (χ4v) is 4.23. The molecule has 1 saturated heterocycles. The number of nitrogens with zero attached hydrogens (tertiary/aromatic N) is 2. The van der Waals surface area contributed by atoms with Crippen molar-refractivity contribution >= 4 is 11.6 Å². The molecule has 0 aromatic heterocycles. The predicted octanol–water partition coefficient (Wildman–Crippen LogP) is 2.99. The van der Waals surface area contributed by atoms with Crippen LogP contribution >= 0.6 is 0 Å². The van der Waals surface area contributed by atoms with Gasteiger partial charge in [-0.3, -0.25) is 9.69 Å². The summed E-state index contributed by atoms with van der Waals surface area (Å²) >= 11 is 0. The number of benzene rings is 1. The molecule has 4 heteroatoms. The number of nitrogens with one attached hydrogen (secondary N) is 1. The molecule has 4 nitrogen and oxygen atoms in total. The fraction of sp³-hybridized carbons (Fsp3) is 0.667. The molecule has 1 fully saturated rings. The number of hydrogen-bond acceptors (Lipinski definition) is 3. The summed E-state index contributed by atoms with van der Waals surface area (Å²) in [4.78, 5) is 17.2. The van der Waals surface area contributed by atoms with E-state index in [-0.39, 0.29) is 5.91 Å². The number of unbranched alkanes of at least 4 members (excludes halogenated alkanes) is 1. The zero-order valence-corrected chi connectivity index (χ0v) is 16.1. The second-order valence-electron chi connectivity index (χ2n) is 7.72. The third-order valence-electron chi connectivity index (χ3n) is 5.68. The number of hydrogen-bond donors (Lipinski definition) is 1. The van der Waals surface area contributed by atoms with Crippen LogP contribution in [0.4, 0.5) is 5.69 Å². The maximum absolute atomic E-state index is 12.6. The highest BCUT2D eigenvalue weighted by Crippen LogP contribution is 2.34. The van der Waals surface area contributed by atoms with E-state index in [0.717, 1.165) is 57.5 Å². The van der Waals surface area contributed by atoms with Crippen LogP contribution in [0.1, 0.15) is 51.2 Å². The molecular weight excluding hydrogens is 310 g/mol. The lowest BCUT2D eigenvalue weighted by molar-refractivity contribution is -0.119. The summed E-state index contributed by atoms with van der Waals surface area (Å²) in [5.41, 5.74) is 3.90. The van der Waals surface area contributed by atoms with E-state index in [0.29, 0.717) is 18.5 Å². The van der Waals surface area contributed by atoms with Crippen molar-refractivity contribution in [3.8, 4) is 0 Å². The van der Waals surface area contributed by atoms with E-state index >= 15 is 0 Å². The van der Waals surface area contributed by atoms with Crippen LogP contribution in [0.5, 0.6) is 0 Å². The molecule has 1 N–H and O–H groups in total. The van der Waals surface area contributed by atoms with Gasteiger partial charge in [0.1, 0.15) is 0 Å². The second-order valence-corrected chi connectivity index (χ2v) is 7.72. The largest absolute Gasteiger partial charge is 0.314 e. The van der Waals surface area contributed by atoms with Crippen LogP contribution in [-0.4, -0.2) is 49.1 Å². The first-order valence-electron chi connectivity index (χ1n) is 9.98. The van der Waals surface area contributed by atoms with Crippen molar-refractivity contribution in [2.24, 2.45) is 0 Å². The quantitative estimate of drug-likeness (QED) is 0.862. The molecule has 3 rings (SSSR count). The summed E-state index contributed by atoms with van der Waals surface area (Å²) in [6, 6.07) is 7.62. The van der Waals surface area contributed by atoms with Gasteiger partial charge in [0.2, 0.25) is 5.91 Å². The average molecular weight is 344 g/mol. The fourth-order valence-electron chi connectivity index (χ4n) is 4.23. The minimum atomic E-state index is 0.287. The lowest BCUT2D eigenvalue weighted by atomic mass is 10.0. The zero-order chi connectivity index (χ0) is 17.8. The number of carbonyl (C=O) groups excluding carboxylic acids is 1. The summed E-state index contributed by atoms with van der Waals surface area (Å²) in [6.45, 7) is 11.1. The molecule has 2 heterocycles. The van der Waals surface area contributed by atoms with Gasteiger partial charge in [0, 0.05) is 50.4 Å². The van der Waals surface area contributed by atoms with Gasteiger partial charge in [0.25, 0.3) is 0 Å². The zero-order valence-electron chi connectivity index (χ0n) is 16.1. The van der Waals surface area contributed by atoms with Crippen LogP contribution in [0, 0.1) is 0 Å². The van der Waals surface area contributed by atoms with Crippen LogP contribution in [-0.2, 0) is 17.6 Å². The Labute approximate surface area is 152 Å². The van der Waals surface area contributed by atoms with Gasteiger partial charge < -0.3 is 10.2 Å². The van der Waals surface area contributed by atoms with Crippen LogP contribution in [0.25, 0.3) is 0 Å². The van der Waals surface area contributed by atoms with Gasteiger partial charge in [-0.05, 0) is 50.3 Å². The Balaban J connectivity index is 1.68. The summed E-state index contributed by atoms with van der Waals surface area (Å²) in [5.74, 6) is 0.287. The molecular formula is C21H33N3O. The summed E-state index contributed by atoms with van der Waals surface area (Å²) < 4.78 is 0. The molecule has 0 radical (unpaired) electrons. The Kier molecular flexibility index (Phi) is 6.13. The van der Waals surface area contributed by atoms with Crippen LogP contribution in [0.15, 0.2) is 18.2 Å². The monoisotopic (exact) mass is 343 g/mol. The van der Waals surface area contributed by atoms with Gasteiger partial charge in [-0.15, -0.1) is 0 Å². The maximum Gasteiger partial charge on any atom is 0.227 e.